The van der Waals surface area contributed by atoms with Crippen LogP contribution in [-0.2, 0) is 11.3 Å². The Balaban J connectivity index is 1.58. The number of amides is 1. The molecule has 164 valence electrons. The standard InChI is InChI=1S/C17H19F4N5O3S/c1-9-3-11(29-14-4-13(22-8-23-14)28-7-17(19,20)21)5-26(9)6-12-15(18)25-16(30-12)24-10(2)27/h4,8-9,11H,3,5-7H2,1-2H3,(H,24,25,27)/t9-,11+/m0/s1. The average molecular weight is 449 g/mol. The summed E-state index contributed by atoms with van der Waals surface area (Å²) in [7, 11) is 0. The van der Waals surface area contributed by atoms with Gasteiger partial charge >= 0.3 is 6.18 Å². The number of likely N-dealkylation sites (tertiary alicyclic amines) is 1. The summed E-state index contributed by atoms with van der Waals surface area (Å²) in [6.45, 7) is 2.55. The van der Waals surface area contributed by atoms with Crippen molar-refractivity contribution >= 4 is 22.4 Å². The van der Waals surface area contributed by atoms with E-state index in [1.54, 1.807) is 0 Å². The molecule has 0 aliphatic carbocycles. The molecule has 0 unspecified atom stereocenters. The number of nitrogens with one attached hydrogen (secondary N) is 1. The van der Waals surface area contributed by atoms with Gasteiger partial charge in [-0.15, -0.1) is 0 Å². The molecule has 13 heteroatoms. The van der Waals surface area contributed by atoms with Crippen LogP contribution in [0.3, 0.4) is 0 Å². The van der Waals surface area contributed by atoms with Gasteiger partial charge in [-0.2, -0.15) is 22.5 Å². The van der Waals surface area contributed by atoms with Crippen molar-refractivity contribution < 1.29 is 31.8 Å². The maximum absolute atomic E-state index is 14.1. The molecule has 0 radical (unpaired) electrons. The quantitative estimate of drug-likeness (QED) is 0.650. The first-order valence-electron chi connectivity index (χ1n) is 8.94. The number of thiazole rings is 1. The molecule has 1 N–H and O–H groups in total. The minimum Gasteiger partial charge on any atom is -0.473 e. The van der Waals surface area contributed by atoms with Gasteiger partial charge in [0, 0.05) is 32.5 Å². The molecule has 2 aromatic rings. The van der Waals surface area contributed by atoms with E-state index >= 15 is 0 Å². The van der Waals surface area contributed by atoms with E-state index in [1.807, 2.05) is 11.8 Å². The first-order chi connectivity index (χ1) is 14.1. The van der Waals surface area contributed by atoms with Crippen LogP contribution in [0.4, 0.5) is 22.7 Å². The number of hydrogen-bond donors (Lipinski definition) is 1. The third-order valence-electron chi connectivity index (χ3n) is 4.23. The van der Waals surface area contributed by atoms with E-state index in [1.165, 1.54) is 13.0 Å². The number of carbonyl (C=O) groups excluding carboxylic acids is 1. The zero-order chi connectivity index (χ0) is 21.9. The Labute approximate surface area is 173 Å². The topological polar surface area (TPSA) is 89.5 Å². The first kappa shape index (κ1) is 22.2. The fraction of sp³-hybridized carbons (Fsp3) is 0.529. The number of halogens is 4. The fourth-order valence-corrected chi connectivity index (χ4v) is 3.88. The molecule has 1 aliphatic rings. The summed E-state index contributed by atoms with van der Waals surface area (Å²) in [5.41, 5.74) is 0. The van der Waals surface area contributed by atoms with E-state index in [9.17, 15) is 22.4 Å². The number of nitrogens with zero attached hydrogens (tertiary/aromatic N) is 4. The van der Waals surface area contributed by atoms with E-state index in [0.29, 0.717) is 17.8 Å². The van der Waals surface area contributed by atoms with Crippen LogP contribution in [0.1, 0.15) is 25.1 Å². The third-order valence-corrected chi connectivity index (χ3v) is 5.16. The lowest BCUT2D eigenvalue weighted by Gasteiger charge is -2.19. The lowest BCUT2D eigenvalue weighted by atomic mass is 10.2. The Morgan fingerprint density at radius 1 is 1.37 bits per heavy atom. The molecule has 2 atom stereocenters. The summed E-state index contributed by atoms with van der Waals surface area (Å²) >= 11 is 1.06. The Morgan fingerprint density at radius 2 is 2.10 bits per heavy atom. The Kier molecular flexibility index (Phi) is 6.71. The number of aromatic nitrogens is 3. The highest BCUT2D eigenvalue weighted by molar-refractivity contribution is 7.15. The highest BCUT2D eigenvalue weighted by Crippen LogP contribution is 2.29. The molecule has 1 aliphatic heterocycles. The van der Waals surface area contributed by atoms with Crippen molar-refractivity contribution in [3.8, 4) is 11.8 Å². The normalized spacial score (nSPS) is 19.7. The largest absolute Gasteiger partial charge is 0.473 e. The number of anilines is 1. The van der Waals surface area contributed by atoms with Gasteiger partial charge in [-0.1, -0.05) is 11.3 Å². The molecule has 0 aromatic carbocycles. The molecule has 0 bridgehead atoms. The second kappa shape index (κ2) is 9.08. The predicted molar refractivity (Wildman–Crippen MR) is 98.9 cm³/mol. The van der Waals surface area contributed by atoms with Crippen LogP contribution < -0.4 is 14.8 Å². The van der Waals surface area contributed by atoms with Crippen LogP contribution in [0.2, 0.25) is 0 Å². The lowest BCUT2D eigenvalue weighted by molar-refractivity contribution is -0.154. The van der Waals surface area contributed by atoms with Crippen LogP contribution >= 0.6 is 11.3 Å². The molecule has 0 saturated carbocycles. The van der Waals surface area contributed by atoms with Crippen molar-refractivity contribution in [1.29, 1.82) is 0 Å². The molecular formula is C17H19F4N5O3S. The lowest BCUT2D eigenvalue weighted by Crippen LogP contribution is -2.28. The van der Waals surface area contributed by atoms with Gasteiger partial charge in [-0.05, 0) is 6.92 Å². The summed E-state index contributed by atoms with van der Waals surface area (Å²) in [4.78, 5) is 24.7. The Bertz CT molecular complexity index is 895. The number of ether oxygens (including phenoxy) is 2. The molecule has 0 spiro atoms. The van der Waals surface area contributed by atoms with Crippen LogP contribution in [-0.4, -0.2) is 57.2 Å². The van der Waals surface area contributed by atoms with Gasteiger partial charge in [-0.3, -0.25) is 9.69 Å². The zero-order valence-corrected chi connectivity index (χ0v) is 16.9. The zero-order valence-electron chi connectivity index (χ0n) is 16.1. The molecule has 1 saturated heterocycles. The van der Waals surface area contributed by atoms with Crippen molar-refractivity contribution in [3.63, 3.8) is 0 Å². The molecule has 1 amide bonds. The molecule has 30 heavy (non-hydrogen) atoms. The van der Waals surface area contributed by atoms with Gasteiger partial charge < -0.3 is 14.8 Å². The summed E-state index contributed by atoms with van der Waals surface area (Å²) in [5.74, 6) is -1.11. The van der Waals surface area contributed by atoms with E-state index in [-0.39, 0.29) is 41.5 Å². The predicted octanol–water partition coefficient (Wildman–Crippen LogP) is 3.01. The minimum absolute atomic E-state index is 0.0588. The molecular weight excluding hydrogens is 430 g/mol. The number of hydrogen-bond acceptors (Lipinski definition) is 8. The number of alkyl halides is 3. The minimum atomic E-state index is -4.47. The van der Waals surface area contributed by atoms with Gasteiger partial charge in [0.25, 0.3) is 0 Å². The maximum Gasteiger partial charge on any atom is 0.422 e. The SMILES string of the molecule is CC(=O)Nc1nc(F)c(CN2C[C@H](Oc3cc(OCC(F)(F)F)ncn3)C[C@@H]2C)s1. The Hall–Kier alpha value is -2.54. The van der Waals surface area contributed by atoms with Crippen LogP contribution in [0, 0.1) is 5.95 Å². The molecule has 3 rings (SSSR count). The van der Waals surface area contributed by atoms with E-state index in [0.717, 1.165) is 17.7 Å². The van der Waals surface area contributed by atoms with Crippen molar-refractivity contribution in [2.24, 2.45) is 0 Å². The monoisotopic (exact) mass is 449 g/mol. The Morgan fingerprint density at radius 3 is 2.80 bits per heavy atom. The number of rotatable bonds is 7. The molecule has 3 heterocycles. The van der Waals surface area contributed by atoms with E-state index in [2.05, 4.69) is 25.0 Å². The van der Waals surface area contributed by atoms with Crippen molar-refractivity contribution in [1.82, 2.24) is 19.9 Å². The average Bonchev–Trinajstić information content (AvgIpc) is 3.14. The smallest absolute Gasteiger partial charge is 0.422 e. The van der Waals surface area contributed by atoms with Crippen LogP contribution in [0.5, 0.6) is 11.8 Å². The molecule has 1 fully saturated rings. The summed E-state index contributed by atoms with van der Waals surface area (Å²) in [6.07, 6.45) is -3.09. The second-order valence-corrected chi connectivity index (χ2v) is 7.85. The van der Waals surface area contributed by atoms with Gasteiger partial charge in [0.15, 0.2) is 11.7 Å². The highest BCUT2D eigenvalue weighted by atomic mass is 32.1. The van der Waals surface area contributed by atoms with Gasteiger partial charge in [0.2, 0.25) is 23.6 Å². The van der Waals surface area contributed by atoms with Gasteiger partial charge in [0.1, 0.15) is 12.4 Å². The van der Waals surface area contributed by atoms with Crippen molar-refractivity contribution in [2.45, 2.75) is 45.1 Å². The van der Waals surface area contributed by atoms with Crippen molar-refractivity contribution in [2.75, 3.05) is 18.5 Å². The third kappa shape index (κ3) is 6.23. The van der Waals surface area contributed by atoms with Gasteiger partial charge in [-0.25, -0.2) is 9.97 Å². The first-order valence-corrected chi connectivity index (χ1v) is 9.76. The van der Waals surface area contributed by atoms with E-state index in [4.69, 9.17) is 4.74 Å². The van der Waals surface area contributed by atoms with Crippen molar-refractivity contribution in [3.05, 3.63) is 23.2 Å². The molecule has 8 nitrogen and oxygen atoms in total. The van der Waals surface area contributed by atoms with Crippen LogP contribution in [0.15, 0.2) is 12.4 Å². The highest BCUT2D eigenvalue weighted by Gasteiger charge is 2.32. The summed E-state index contributed by atoms with van der Waals surface area (Å²) in [6, 6.07) is 1.25. The molecule has 2 aromatic heterocycles. The summed E-state index contributed by atoms with van der Waals surface area (Å²) < 4.78 is 61.2. The van der Waals surface area contributed by atoms with Gasteiger partial charge in [0.05, 0.1) is 10.9 Å². The van der Waals surface area contributed by atoms with E-state index < -0.39 is 18.7 Å². The van der Waals surface area contributed by atoms with Crippen LogP contribution in [0.25, 0.3) is 0 Å². The second-order valence-electron chi connectivity index (χ2n) is 6.77. The fourth-order valence-electron chi connectivity index (χ4n) is 2.96. The summed E-state index contributed by atoms with van der Waals surface area (Å²) in [5, 5.41) is 2.65. The maximum atomic E-state index is 14.1. The number of carbonyl (C=O) groups is 1.